The Labute approximate surface area is 101 Å². The van der Waals surface area contributed by atoms with Crippen molar-refractivity contribution in [3.05, 3.63) is 29.0 Å². The Morgan fingerprint density at radius 1 is 1.44 bits per heavy atom. The Morgan fingerprint density at radius 2 is 2.06 bits per heavy atom. The van der Waals surface area contributed by atoms with E-state index in [1.165, 1.54) is 6.20 Å². The van der Waals surface area contributed by atoms with Crippen molar-refractivity contribution in [3.63, 3.8) is 0 Å². The van der Waals surface area contributed by atoms with Crippen molar-refractivity contribution in [2.75, 3.05) is 6.54 Å². The highest BCUT2D eigenvalue weighted by molar-refractivity contribution is 6.31. The van der Waals surface area contributed by atoms with Gasteiger partial charge in [-0.2, -0.15) is 0 Å². The van der Waals surface area contributed by atoms with Crippen LogP contribution in [0, 0.1) is 5.41 Å². The average molecular weight is 245 g/mol. The van der Waals surface area contributed by atoms with Gasteiger partial charge >= 0.3 is 0 Å². The van der Waals surface area contributed by atoms with Crippen molar-refractivity contribution in [2.24, 2.45) is 11.1 Å². The maximum Gasteiger partial charge on any atom is 0.132 e. The highest BCUT2D eigenvalue weighted by atomic mass is 35.5. The number of halogens is 2. The molecular formula is C12H18ClFN2. The van der Waals surface area contributed by atoms with Gasteiger partial charge in [-0.15, -0.1) is 0 Å². The molecule has 0 fully saturated rings. The van der Waals surface area contributed by atoms with Crippen LogP contribution in [0.25, 0.3) is 0 Å². The summed E-state index contributed by atoms with van der Waals surface area (Å²) in [6.07, 6.45) is 3.35. The summed E-state index contributed by atoms with van der Waals surface area (Å²) in [6, 6.07) is 1.73. The maximum absolute atomic E-state index is 14.7. The lowest BCUT2D eigenvalue weighted by molar-refractivity contribution is 0.0382. The molecule has 1 aromatic rings. The molecule has 1 aromatic heterocycles. The van der Waals surface area contributed by atoms with Crippen molar-refractivity contribution in [3.8, 4) is 0 Å². The first-order valence-electron chi connectivity index (χ1n) is 5.27. The second-order valence-corrected chi connectivity index (χ2v) is 5.47. The molecule has 90 valence electrons. The fourth-order valence-electron chi connectivity index (χ4n) is 1.49. The summed E-state index contributed by atoms with van der Waals surface area (Å²) in [5, 5.41) is 0.488. The standard InChI is InChI=1S/C12H18ClFN2/c1-11(2,3)12(14,8-15)6-9-4-5-16-7-10(9)13/h4-5,7H,6,8,15H2,1-3H3. The van der Waals surface area contributed by atoms with Crippen molar-refractivity contribution in [1.82, 2.24) is 4.98 Å². The number of pyridine rings is 1. The van der Waals surface area contributed by atoms with Gasteiger partial charge in [-0.3, -0.25) is 4.98 Å². The first-order valence-corrected chi connectivity index (χ1v) is 5.65. The highest BCUT2D eigenvalue weighted by Gasteiger charge is 2.41. The lowest BCUT2D eigenvalue weighted by Crippen LogP contribution is -2.47. The third-order valence-electron chi connectivity index (χ3n) is 2.99. The molecule has 2 nitrogen and oxygen atoms in total. The number of rotatable bonds is 3. The van der Waals surface area contributed by atoms with Crippen LogP contribution < -0.4 is 5.73 Å². The molecule has 0 saturated carbocycles. The molecule has 0 amide bonds. The van der Waals surface area contributed by atoms with Gasteiger partial charge in [0.25, 0.3) is 0 Å². The molecule has 1 atom stereocenters. The average Bonchev–Trinajstić information content (AvgIpc) is 2.19. The summed E-state index contributed by atoms with van der Waals surface area (Å²) in [5.41, 5.74) is 4.33. The molecular weight excluding hydrogens is 227 g/mol. The highest BCUT2D eigenvalue weighted by Crippen LogP contribution is 2.37. The molecule has 1 heterocycles. The third kappa shape index (κ3) is 2.71. The van der Waals surface area contributed by atoms with E-state index in [0.717, 1.165) is 5.56 Å². The van der Waals surface area contributed by atoms with Gasteiger partial charge in [0.05, 0.1) is 5.02 Å². The normalized spacial score (nSPS) is 15.9. The van der Waals surface area contributed by atoms with Crippen LogP contribution in [0.5, 0.6) is 0 Å². The minimum atomic E-state index is -1.46. The van der Waals surface area contributed by atoms with E-state index in [2.05, 4.69) is 4.98 Å². The monoisotopic (exact) mass is 244 g/mol. The summed E-state index contributed by atoms with van der Waals surface area (Å²) >= 11 is 5.97. The fraction of sp³-hybridized carbons (Fsp3) is 0.583. The van der Waals surface area contributed by atoms with Crippen LogP contribution in [0.3, 0.4) is 0 Å². The van der Waals surface area contributed by atoms with Gasteiger partial charge in [-0.1, -0.05) is 32.4 Å². The fourth-order valence-corrected chi connectivity index (χ4v) is 1.68. The molecule has 0 aliphatic carbocycles. The summed E-state index contributed by atoms with van der Waals surface area (Å²) in [4.78, 5) is 3.88. The second-order valence-electron chi connectivity index (χ2n) is 5.06. The van der Waals surface area contributed by atoms with Gasteiger partial charge in [-0.25, -0.2) is 4.39 Å². The van der Waals surface area contributed by atoms with E-state index in [4.69, 9.17) is 17.3 Å². The number of alkyl halides is 1. The van der Waals surface area contributed by atoms with E-state index in [1.54, 1.807) is 12.3 Å². The van der Waals surface area contributed by atoms with E-state index in [9.17, 15) is 4.39 Å². The van der Waals surface area contributed by atoms with Gasteiger partial charge in [-0.05, 0) is 17.0 Å². The molecule has 16 heavy (non-hydrogen) atoms. The molecule has 0 spiro atoms. The summed E-state index contributed by atoms with van der Waals surface area (Å²) < 4.78 is 14.7. The Hall–Kier alpha value is -0.670. The molecule has 0 bridgehead atoms. The van der Waals surface area contributed by atoms with Crippen molar-refractivity contribution in [1.29, 1.82) is 0 Å². The van der Waals surface area contributed by atoms with E-state index in [-0.39, 0.29) is 13.0 Å². The molecule has 0 aliphatic rings. The van der Waals surface area contributed by atoms with Crippen molar-refractivity contribution < 1.29 is 4.39 Å². The zero-order chi connectivity index (χ0) is 12.4. The first-order chi connectivity index (χ1) is 7.30. The minimum absolute atomic E-state index is 0.0187. The number of aromatic nitrogens is 1. The quantitative estimate of drug-likeness (QED) is 0.888. The van der Waals surface area contributed by atoms with Crippen LogP contribution in [-0.4, -0.2) is 17.2 Å². The predicted octanol–water partition coefficient (Wildman–Crippen LogP) is 2.99. The smallest absolute Gasteiger partial charge is 0.132 e. The molecule has 0 radical (unpaired) electrons. The Kier molecular flexibility index (Phi) is 3.92. The second kappa shape index (κ2) is 4.68. The van der Waals surface area contributed by atoms with Gasteiger partial charge in [0.1, 0.15) is 5.67 Å². The van der Waals surface area contributed by atoms with Crippen LogP contribution in [0.4, 0.5) is 4.39 Å². The molecule has 0 aromatic carbocycles. The van der Waals surface area contributed by atoms with Crippen LogP contribution >= 0.6 is 11.6 Å². The van der Waals surface area contributed by atoms with E-state index >= 15 is 0 Å². The van der Waals surface area contributed by atoms with Crippen LogP contribution in [0.15, 0.2) is 18.5 Å². The first kappa shape index (κ1) is 13.4. The minimum Gasteiger partial charge on any atom is -0.327 e. The zero-order valence-corrected chi connectivity index (χ0v) is 10.7. The molecule has 4 heteroatoms. The Morgan fingerprint density at radius 3 is 2.50 bits per heavy atom. The van der Waals surface area contributed by atoms with Gasteiger partial charge < -0.3 is 5.73 Å². The molecule has 0 saturated heterocycles. The van der Waals surface area contributed by atoms with E-state index in [1.807, 2.05) is 20.8 Å². The molecule has 1 rings (SSSR count). The topological polar surface area (TPSA) is 38.9 Å². The molecule has 2 N–H and O–H groups in total. The van der Waals surface area contributed by atoms with Crippen LogP contribution in [-0.2, 0) is 6.42 Å². The lowest BCUT2D eigenvalue weighted by Gasteiger charge is -2.37. The van der Waals surface area contributed by atoms with E-state index < -0.39 is 11.1 Å². The number of nitrogens with zero attached hydrogens (tertiary/aromatic N) is 1. The van der Waals surface area contributed by atoms with Gasteiger partial charge in [0.15, 0.2) is 0 Å². The number of hydrogen-bond donors (Lipinski definition) is 1. The molecule has 0 aliphatic heterocycles. The largest absolute Gasteiger partial charge is 0.327 e. The summed E-state index contributed by atoms with van der Waals surface area (Å²) in [7, 11) is 0. The zero-order valence-electron chi connectivity index (χ0n) is 9.93. The predicted molar refractivity (Wildman–Crippen MR) is 65.3 cm³/mol. The van der Waals surface area contributed by atoms with Crippen LogP contribution in [0.1, 0.15) is 26.3 Å². The Balaban J connectivity index is 2.99. The lowest BCUT2D eigenvalue weighted by atomic mass is 9.74. The molecule has 1 unspecified atom stereocenters. The van der Waals surface area contributed by atoms with Gasteiger partial charge in [0.2, 0.25) is 0 Å². The summed E-state index contributed by atoms with van der Waals surface area (Å²) in [5.74, 6) is 0. The third-order valence-corrected chi connectivity index (χ3v) is 3.34. The Bertz CT molecular complexity index is 362. The summed E-state index contributed by atoms with van der Waals surface area (Å²) in [6.45, 7) is 5.51. The SMILES string of the molecule is CC(C)(C)C(F)(CN)Cc1ccncc1Cl. The number of nitrogens with two attached hydrogens (primary N) is 1. The van der Waals surface area contributed by atoms with Crippen molar-refractivity contribution in [2.45, 2.75) is 32.9 Å². The number of hydrogen-bond acceptors (Lipinski definition) is 2. The van der Waals surface area contributed by atoms with Crippen molar-refractivity contribution >= 4 is 11.6 Å². The van der Waals surface area contributed by atoms with Crippen LogP contribution in [0.2, 0.25) is 5.02 Å². The maximum atomic E-state index is 14.7. The van der Waals surface area contributed by atoms with Gasteiger partial charge in [0, 0.05) is 25.4 Å². The van der Waals surface area contributed by atoms with E-state index in [0.29, 0.717) is 5.02 Å².